The number of nitrogens with zero attached hydrogens (tertiary/aromatic N) is 1. The van der Waals surface area contributed by atoms with Crippen molar-refractivity contribution in [3.05, 3.63) is 28.4 Å². The third-order valence-corrected chi connectivity index (χ3v) is 3.49. The molecule has 2 N–H and O–H groups in total. The number of fused-ring (bicyclic) bond motifs is 1. The van der Waals surface area contributed by atoms with Crippen molar-refractivity contribution in [2.24, 2.45) is 12.8 Å². The molecule has 0 unspecified atom stereocenters. The highest BCUT2D eigenvalue weighted by atomic mass is 35.5. The van der Waals surface area contributed by atoms with Crippen molar-refractivity contribution in [2.75, 3.05) is 7.11 Å². The van der Waals surface area contributed by atoms with E-state index in [-0.39, 0.29) is 0 Å². The van der Waals surface area contributed by atoms with E-state index in [0.717, 1.165) is 22.2 Å². The fourth-order valence-corrected chi connectivity index (χ4v) is 2.44. The Morgan fingerprint density at radius 1 is 1.44 bits per heavy atom. The lowest BCUT2D eigenvalue weighted by Gasteiger charge is -2.05. The number of hydrogen-bond acceptors (Lipinski definition) is 2. The Morgan fingerprint density at radius 3 is 2.69 bits per heavy atom. The third kappa shape index (κ3) is 1.39. The fourth-order valence-electron chi connectivity index (χ4n) is 2.08. The summed E-state index contributed by atoms with van der Waals surface area (Å²) in [5.41, 5.74) is 9.10. The van der Waals surface area contributed by atoms with Gasteiger partial charge in [-0.15, -0.1) is 0 Å². The summed E-state index contributed by atoms with van der Waals surface area (Å²) < 4.78 is 7.32. The molecule has 16 heavy (non-hydrogen) atoms. The molecule has 0 saturated heterocycles. The summed E-state index contributed by atoms with van der Waals surface area (Å²) in [4.78, 5) is 0. The lowest BCUT2D eigenvalue weighted by molar-refractivity contribution is 0.415. The van der Waals surface area contributed by atoms with E-state index in [9.17, 15) is 0 Å². The van der Waals surface area contributed by atoms with Crippen LogP contribution in [0, 0.1) is 6.92 Å². The van der Waals surface area contributed by atoms with Crippen LogP contribution in [0.25, 0.3) is 10.9 Å². The lowest BCUT2D eigenvalue weighted by atomic mass is 10.1. The molecule has 86 valence electrons. The molecular weight excluding hydrogens is 224 g/mol. The van der Waals surface area contributed by atoms with Gasteiger partial charge in [-0.1, -0.05) is 11.6 Å². The van der Waals surface area contributed by atoms with E-state index in [0.29, 0.717) is 17.3 Å². The van der Waals surface area contributed by atoms with Crippen LogP contribution in [0.3, 0.4) is 0 Å². The van der Waals surface area contributed by atoms with Gasteiger partial charge in [0.1, 0.15) is 5.75 Å². The quantitative estimate of drug-likeness (QED) is 0.874. The van der Waals surface area contributed by atoms with Crippen LogP contribution in [-0.2, 0) is 13.6 Å². The molecule has 0 aliphatic carbocycles. The molecule has 0 bridgehead atoms. The van der Waals surface area contributed by atoms with Gasteiger partial charge in [0, 0.05) is 24.7 Å². The maximum atomic E-state index is 6.32. The Balaban J connectivity index is 2.91. The standard InChI is InChI=1S/C12H15ClN2O/c1-7-8(6-14)11-9(15(7)2)4-5-10(16-3)12(11)13/h4-5H,6,14H2,1-3H3. The normalized spacial score (nSPS) is 11.1. The summed E-state index contributed by atoms with van der Waals surface area (Å²) in [6.45, 7) is 2.53. The van der Waals surface area contributed by atoms with E-state index in [4.69, 9.17) is 22.1 Å². The summed E-state index contributed by atoms with van der Waals surface area (Å²) >= 11 is 6.32. The van der Waals surface area contributed by atoms with E-state index in [2.05, 4.69) is 4.57 Å². The molecule has 0 atom stereocenters. The Hall–Kier alpha value is -1.19. The van der Waals surface area contributed by atoms with Gasteiger partial charge in [0.2, 0.25) is 0 Å². The van der Waals surface area contributed by atoms with E-state index >= 15 is 0 Å². The van der Waals surface area contributed by atoms with Gasteiger partial charge in [-0.05, 0) is 24.6 Å². The second-order valence-corrected chi connectivity index (χ2v) is 4.18. The summed E-state index contributed by atoms with van der Waals surface area (Å²) in [7, 11) is 3.63. The molecule has 1 aromatic carbocycles. The number of nitrogens with two attached hydrogens (primary N) is 1. The predicted molar refractivity (Wildman–Crippen MR) is 67.1 cm³/mol. The highest BCUT2D eigenvalue weighted by Crippen LogP contribution is 2.37. The van der Waals surface area contributed by atoms with Gasteiger partial charge in [0.15, 0.2) is 0 Å². The minimum Gasteiger partial charge on any atom is -0.495 e. The van der Waals surface area contributed by atoms with Crippen LogP contribution < -0.4 is 10.5 Å². The molecule has 0 aliphatic heterocycles. The lowest BCUT2D eigenvalue weighted by Crippen LogP contribution is -1.99. The maximum Gasteiger partial charge on any atom is 0.138 e. The largest absolute Gasteiger partial charge is 0.495 e. The molecule has 0 amide bonds. The molecular formula is C12H15ClN2O. The molecule has 0 aliphatic rings. The van der Waals surface area contributed by atoms with Gasteiger partial charge < -0.3 is 15.0 Å². The van der Waals surface area contributed by atoms with Gasteiger partial charge in [-0.25, -0.2) is 0 Å². The van der Waals surface area contributed by atoms with Crippen LogP contribution in [-0.4, -0.2) is 11.7 Å². The van der Waals surface area contributed by atoms with Crippen LogP contribution in [0.2, 0.25) is 5.02 Å². The summed E-state index contributed by atoms with van der Waals surface area (Å²) in [5, 5.41) is 1.65. The average molecular weight is 239 g/mol. The van der Waals surface area contributed by atoms with Gasteiger partial charge >= 0.3 is 0 Å². The number of benzene rings is 1. The van der Waals surface area contributed by atoms with Crippen LogP contribution in [0.5, 0.6) is 5.75 Å². The number of hydrogen-bond donors (Lipinski definition) is 1. The summed E-state index contributed by atoms with van der Waals surface area (Å²) in [6, 6.07) is 3.89. The first-order valence-corrected chi connectivity index (χ1v) is 5.50. The molecule has 0 saturated carbocycles. The van der Waals surface area contributed by atoms with Crippen molar-refractivity contribution < 1.29 is 4.74 Å². The molecule has 2 rings (SSSR count). The van der Waals surface area contributed by atoms with Gasteiger partial charge in [0.25, 0.3) is 0 Å². The first kappa shape index (κ1) is 11.3. The van der Waals surface area contributed by atoms with Crippen molar-refractivity contribution in [3.8, 4) is 5.75 Å². The van der Waals surface area contributed by atoms with Crippen molar-refractivity contribution in [1.82, 2.24) is 4.57 Å². The van der Waals surface area contributed by atoms with Gasteiger partial charge in [-0.3, -0.25) is 0 Å². The Morgan fingerprint density at radius 2 is 2.12 bits per heavy atom. The number of methoxy groups -OCH3 is 1. The molecule has 0 spiro atoms. The Bertz CT molecular complexity index is 546. The van der Waals surface area contributed by atoms with Gasteiger partial charge in [-0.2, -0.15) is 0 Å². The van der Waals surface area contributed by atoms with E-state index < -0.39 is 0 Å². The summed E-state index contributed by atoms with van der Waals surface area (Å²) in [5.74, 6) is 0.689. The average Bonchev–Trinajstić information content (AvgIpc) is 2.54. The Kier molecular flexibility index (Phi) is 2.82. The van der Waals surface area contributed by atoms with Crippen LogP contribution >= 0.6 is 11.6 Å². The monoisotopic (exact) mass is 238 g/mol. The number of ether oxygens (including phenoxy) is 1. The van der Waals surface area contributed by atoms with Gasteiger partial charge in [0.05, 0.1) is 17.6 Å². The predicted octanol–water partition coefficient (Wildman–Crippen LogP) is 2.61. The Labute approximate surface area is 99.7 Å². The summed E-state index contributed by atoms with van der Waals surface area (Å²) in [6.07, 6.45) is 0. The second kappa shape index (κ2) is 4.00. The number of halogens is 1. The zero-order chi connectivity index (χ0) is 11.9. The highest BCUT2D eigenvalue weighted by molar-refractivity contribution is 6.37. The molecule has 3 nitrogen and oxygen atoms in total. The second-order valence-electron chi connectivity index (χ2n) is 3.80. The molecule has 0 fully saturated rings. The third-order valence-electron chi connectivity index (χ3n) is 3.11. The molecule has 2 aromatic rings. The molecule has 1 aromatic heterocycles. The van der Waals surface area contributed by atoms with E-state index in [1.165, 1.54) is 0 Å². The SMILES string of the molecule is COc1ccc2c(c1Cl)c(CN)c(C)n2C. The number of aryl methyl sites for hydroxylation is 1. The molecule has 0 radical (unpaired) electrons. The molecule has 1 heterocycles. The maximum absolute atomic E-state index is 6.32. The van der Waals surface area contributed by atoms with Crippen LogP contribution in [0.15, 0.2) is 12.1 Å². The minimum atomic E-state index is 0.482. The fraction of sp³-hybridized carbons (Fsp3) is 0.333. The zero-order valence-electron chi connectivity index (χ0n) is 9.67. The van der Waals surface area contributed by atoms with Crippen LogP contribution in [0.1, 0.15) is 11.3 Å². The topological polar surface area (TPSA) is 40.2 Å². The molecule has 4 heteroatoms. The number of rotatable bonds is 2. The number of aromatic nitrogens is 1. The van der Waals surface area contributed by atoms with Crippen LogP contribution in [0.4, 0.5) is 0 Å². The smallest absolute Gasteiger partial charge is 0.138 e. The van der Waals surface area contributed by atoms with E-state index in [1.54, 1.807) is 7.11 Å². The van der Waals surface area contributed by atoms with Crippen molar-refractivity contribution in [3.63, 3.8) is 0 Å². The minimum absolute atomic E-state index is 0.482. The van der Waals surface area contributed by atoms with Crippen molar-refractivity contribution >= 4 is 22.5 Å². The highest BCUT2D eigenvalue weighted by Gasteiger charge is 2.16. The first-order valence-electron chi connectivity index (χ1n) is 5.12. The van der Waals surface area contributed by atoms with E-state index in [1.807, 2.05) is 26.1 Å². The van der Waals surface area contributed by atoms with Crippen molar-refractivity contribution in [2.45, 2.75) is 13.5 Å². The van der Waals surface area contributed by atoms with Crippen molar-refractivity contribution in [1.29, 1.82) is 0 Å². The zero-order valence-corrected chi connectivity index (χ0v) is 10.4. The first-order chi connectivity index (χ1) is 7.61.